The number of nitrogens with zero attached hydrogens (tertiary/aromatic N) is 1. The van der Waals surface area contributed by atoms with Crippen molar-refractivity contribution >= 4 is 45.5 Å². The summed E-state index contributed by atoms with van der Waals surface area (Å²) in [5.41, 5.74) is 1.83. The van der Waals surface area contributed by atoms with Gasteiger partial charge >= 0.3 is 0 Å². The Balaban J connectivity index is 0.00000210. The zero-order chi connectivity index (χ0) is 26.2. The van der Waals surface area contributed by atoms with Gasteiger partial charge in [-0.05, 0) is 61.4 Å². The van der Waals surface area contributed by atoms with Crippen molar-refractivity contribution in [3.8, 4) is 11.8 Å². The Bertz CT molecular complexity index is 1370. The molecule has 0 radical (unpaired) electrons. The van der Waals surface area contributed by atoms with E-state index in [1.54, 1.807) is 31.2 Å². The van der Waals surface area contributed by atoms with E-state index in [1.165, 1.54) is 30.3 Å². The lowest BCUT2D eigenvalue weighted by Gasteiger charge is -2.20. The molecule has 182 valence electrons. The number of hydrogen-bond acceptors (Lipinski definition) is 7. The van der Waals surface area contributed by atoms with Crippen LogP contribution in [0.1, 0.15) is 34.8 Å². The third-order valence-electron chi connectivity index (χ3n) is 4.99. The number of sulfone groups is 1. The Morgan fingerprint density at radius 1 is 1.14 bits per heavy atom. The van der Waals surface area contributed by atoms with Gasteiger partial charge in [0, 0.05) is 17.3 Å². The van der Waals surface area contributed by atoms with Crippen molar-refractivity contribution in [2.45, 2.75) is 30.5 Å². The van der Waals surface area contributed by atoms with Crippen molar-refractivity contribution < 1.29 is 23.1 Å². The Morgan fingerprint density at radius 3 is 2.43 bits per heavy atom. The summed E-state index contributed by atoms with van der Waals surface area (Å²) in [5, 5.41) is 24.1. The van der Waals surface area contributed by atoms with Crippen molar-refractivity contribution in [3.05, 3.63) is 82.4 Å². The minimum atomic E-state index is -3.66. The van der Waals surface area contributed by atoms with Crippen LogP contribution in [0.15, 0.2) is 65.6 Å². The van der Waals surface area contributed by atoms with E-state index in [-0.39, 0.29) is 32.5 Å². The highest BCUT2D eigenvalue weighted by Crippen LogP contribution is 2.30. The minimum absolute atomic E-state index is 0.139. The highest BCUT2D eigenvalue weighted by molar-refractivity contribution is 7.92. The van der Waals surface area contributed by atoms with Crippen LogP contribution in [0.5, 0.6) is 5.75 Å². The first-order valence-corrected chi connectivity index (χ1v) is 12.3. The van der Waals surface area contributed by atoms with Crippen LogP contribution in [0.25, 0.3) is 0 Å². The van der Waals surface area contributed by atoms with Gasteiger partial charge in [0.15, 0.2) is 9.84 Å². The standard InChI is InChI=1S/C24H22ClN3O4S.CH2O/c1-3-23(33(31,32)19-6-4-5-15(2)11-19)27-18-9-10-21(22(29)13-18)28-24(30)16-7-8-17(14-26)20(25)12-16;1-2/h4-13,23,27,29H,3H2,1-2H3,(H,28,30);1H2. The maximum absolute atomic E-state index is 13.0. The quantitative estimate of drug-likeness (QED) is 0.381. The van der Waals surface area contributed by atoms with Crippen LogP contribution in [-0.2, 0) is 14.6 Å². The second-order valence-electron chi connectivity index (χ2n) is 7.40. The summed E-state index contributed by atoms with van der Waals surface area (Å²) in [6.45, 7) is 5.58. The van der Waals surface area contributed by atoms with Gasteiger partial charge in [-0.2, -0.15) is 5.26 Å². The molecule has 35 heavy (non-hydrogen) atoms. The van der Waals surface area contributed by atoms with Crippen molar-refractivity contribution in [3.63, 3.8) is 0 Å². The van der Waals surface area contributed by atoms with E-state index >= 15 is 0 Å². The molecule has 8 nitrogen and oxygen atoms in total. The lowest BCUT2D eigenvalue weighted by molar-refractivity contribution is -0.0980. The molecule has 1 unspecified atom stereocenters. The number of aromatic hydroxyl groups is 1. The van der Waals surface area contributed by atoms with Gasteiger partial charge in [-0.15, -0.1) is 0 Å². The largest absolute Gasteiger partial charge is 0.506 e. The number of phenolic OH excluding ortho intramolecular Hbond substituents is 1. The van der Waals surface area contributed by atoms with E-state index < -0.39 is 21.1 Å². The van der Waals surface area contributed by atoms with E-state index in [2.05, 4.69) is 10.6 Å². The molecule has 0 bridgehead atoms. The van der Waals surface area contributed by atoms with E-state index in [4.69, 9.17) is 21.7 Å². The molecule has 0 aliphatic heterocycles. The van der Waals surface area contributed by atoms with Gasteiger partial charge < -0.3 is 20.5 Å². The molecule has 0 saturated heterocycles. The molecular weight excluding hydrogens is 490 g/mol. The Labute approximate surface area is 209 Å². The molecule has 3 aromatic rings. The van der Waals surface area contributed by atoms with Crippen LogP contribution >= 0.6 is 11.6 Å². The Kier molecular flexibility index (Phi) is 9.40. The van der Waals surface area contributed by atoms with Gasteiger partial charge in [0.05, 0.1) is 21.2 Å². The molecule has 0 aliphatic carbocycles. The number of rotatable bonds is 7. The zero-order valence-electron chi connectivity index (χ0n) is 19.1. The fraction of sp³-hybridized carbons (Fsp3) is 0.160. The molecule has 0 fully saturated rings. The number of nitrogens with one attached hydrogen (secondary N) is 2. The molecule has 3 aromatic carbocycles. The molecule has 3 rings (SSSR count). The van der Waals surface area contributed by atoms with Crippen LogP contribution in [0.2, 0.25) is 5.02 Å². The third-order valence-corrected chi connectivity index (χ3v) is 7.41. The fourth-order valence-electron chi connectivity index (χ4n) is 3.21. The molecule has 0 spiro atoms. The maximum Gasteiger partial charge on any atom is 0.255 e. The normalized spacial score (nSPS) is 11.4. The number of amides is 1. The summed E-state index contributed by atoms with van der Waals surface area (Å²) in [5.74, 6) is -0.762. The molecule has 0 saturated carbocycles. The maximum atomic E-state index is 13.0. The number of nitriles is 1. The summed E-state index contributed by atoms with van der Waals surface area (Å²) in [4.78, 5) is 20.7. The first-order valence-electron chi connectivity index (χ1n) is 10.4. The predicted octanol–water partition coefficient (Wildman–Crippen LogP) is 4.92. The SMILES string of the molecule is C=O.CCC(Nc1ccc(NC(=O)c2ccc(C#N)c(Cl)c2)c(O)c1)S(=O)(=O)c1cccc(C)c1. The van der Waals surface area contributed by atoms with Crippen LogP contribution in [0.3, 0.4) is 0 Å². The minimum Gasteiger partial charge on any atom is -0.506 e. The number of phenols is 1. The number of carbonyl (C=O) groups is 2. The third kappa shape index (κ3) is 6.59. The molecule has 0 aliphatic rings. The molecule has 0 aromatic heterocycles. The number of carbonyl (C=O) groups excluding carboxylic acids is 2. The summed E-state index contributed by atoms with van der Waals surface area (Å²) in [7, 11) is -3.66. The monoisotopic (exact) mass is 513 g/mol. The average Bonchev–Trinajstić information content (AvgIpc) is 2.85. The topological polar surface area (TPSA) is 136 Å². The zero-order valence-corrected chi connectivity index (χ0v) is 20.7. The Hall–Kier alpha value is -3.87. The van der Waals surface area contributed by atoms with Crippen LogP contribution in [-0.4, -0.2) is 31.6 Å². The van der Waals surface area contributed by atoms with Gasteiger partial charge in [0.1, 0.15) is 24.0 Å². The number of aryl methyl sites for hydroxylation is 1. The first kappa shape index (κ1) is 27.4. The molecule has 10 heteroatoms. The van der Waals surface area contributed by atoms with Gasteiger partial charge in [0.25, 0.3) is 5.91 Å². The summed E-state index contributed by atoms with van der Waals surface area (Å²) in [6, 6.07) is 17.2. The number of halogens is 1. The number of benzene rings is 3. The van der Waals surface area contributed by atoms with Crippen LogP contribution in [0.4, 0.5) is 11.4 Å². The molecule has 1 atom stereocenters. The average molecular weight is 514 g/mol. The number of anilines is 2. The Morgan fingerprint density at radius 2 is 1.86 bits per heavy atom. The van der Waals surface area contributed by atoms with E-state index in [9.17, 15) is 18.3 Å². The summed E-state index contributed by atoms with van der Waals surface area (Å²) < 4.78 is 26.1. The molecule has 3 N–H and O–H groups in total. The van der Waals surface area contributed by atoms with Crippen molar-refractivity contribution in [2.24, 2.45) is 0 Å². The van der Waals surface area contributed by atoms with Crippen molar-refractivity contribution in [2.75, 3.05) is 10.6 Å². The van der Waals surface area contributed by atoms with E-state index in [0.717, 1.165) is 5.56 Å². The van der Waals surface area contributed by atoms with Gasteiger partial charge in [-0.1, -0.05) is 30.7 Å². The fourth-order valence-corrected chi connectivity index (χ4v) is 5.11. The van der Waals surface area contributed by atoms with Crippen molar-refractivity contribution in [1.29, 1.82) is 5.26 Å². The van der Waals surface area contributed by atoms with Crippen molar-refractivity contribution in [1.82, 2.24) is 0 Å². The highest BCUT2D eigenvalue weighted by atomic mass is 35.5. The van der Waals surface area contributed by atoms with Crippen LogP contribution < -0.4 is 10.6 Å². The highest BCUT2D eigenvalue weighted by Gasteiger charge is 2.26. The van der Waals surface area contributed by atoms with E-state index in [1.807, 2.05) is 25.8 Å². The second-order valence-corrected chi connectivity index (χ2v) is 9.93. The van der Waals surface area contributed by atoms with Gasteiger partial charge in [-0.25, -0.2) is 8.42 Å². The lowest BCUT2D eigenvalue weighted by atomic mass is 10.1. The lowest BCUT2D eigenvalue weighted by Crippen LogP contribution is -2.29. The first-order chi connectivity index (χ1) is 16.6. The molecule has 0 heterocycles. The summed E-state index contributed by atoms with van der Waals surface area (Å²) in [6.07, 6.45) is 0.301. The summed E-state index contributed by atoms with van der Waals surface area (Å²) >= 11 is 5.97. The van der Waals surface area contributed by atoms with E-state index in [0.29, 0.717) is 12.1 Å². The smallest absolute Gasteiger partial charge is 0.255 e. The second kappa shape index (κ2) is 12.0. The van der Waals surface area contributed by atoms with Gasteiger partial charge in [0.2, 0.25) is 0 Å². The molecular formula is C25H24ClN3O5S. The number of hydrogen-bond donors (Lipinski definition) is 3. The van der Waals surface area contributed by atoms with Gasteiger partial charge in [-0.3, -0.25) is 4.79 Å². The molecule has 1 amide bonds. The predicted molar refractivity (Wildman–Crippen MR) is 135 cm³/mol. The van der Waals surface area contributed by atoms with Crippen LogP contribution in [0, 0.1) is 18.3 Å².